The van der Waals surface area contributed by atoms with Crippen molar-refractivity contribution in [2.45, 2.75) is 36.8 Å². The van der Waals surface area contributed by atoms with E-state index in [0.29, 0.717) is 6.54 Å². The van der Waals surface area contributed by atoms with Crippen LogP contribution in [0, 0.1) is 0 Å². The molecule has 2 fully saturated rings. The predicted octanol–water partition coefficient (Wildman–Crippen LogP) is 0.233. The van der Waals surface area contributed by atoms with E-state index in [1.807, 2.05) is 0 Å². The summed E-state index contributed by atoms with van der Waals surface area (Å²) in [7, 11) is -2.55. The molecule has 3 amide bonds. The quantitative estimate of drug-likeness (QED) is 0.614. The number of urea groups is 1. The number of ether oxygens (including phenoxy) is 2. The molecule has 0 bridgehead atoms. The molecule has 1 saturated carbocycles. The van der Waals surface area contributed by atoms with Gasteiger partial charge in [0.2, 0.25) is 10.0 Å². The number of benzene rings is 1. The smallest absolute Gasteiger partial charge is 0.338 e. The summed E-state index contributed by atoms with van der Waals surface area (Å²) in [5.74, 6) is -1.45. The molecule has 11 heteroatoms. The Balaban J connectivity index is 1.77. The lowest BCUT2D eigenvalue weighted by atomic mass is 10.2. The fourth-order valence-electron chi connectivity index (χ4n) is 2.68. The molecule has 1 aliphatic carbocycles. The Kier molecular flexibility index (Phi) is 5.57. The molecule has 10 nitrogen and oxygen atoms in total. The highest BCUT2D eigenvalue weighted by Crippen LogP contribution is 2.28. The van der Waals surface area contributed by atoms with Gasteiger partial charge in [-0.05, 0) is 38.0 Å². The maximum atomic E-state index is 12.5. The van der Waals surface area contributed by atoms with Gasteiger partial charge in [-0.3, -0.25) is 9.69 Å². The van der Waals surface area contributed by atoms with Crippen LogP contribution in [0.1, 0.15) is 30.1 Å². The van der Waals surface area contributed by atoms with Crippen molar-refractivity contribution in [1.29, 1.82) is 0 Å². The number of rotatable bonds is 7. The third-order valence-electron chi connectivity index (χ3n) is 4.34. The molecule has 1 atom stereocenters. The first-order chi connectivity index (χ1) is 13.2. The zero-order valence-corrected chi connectivity index (χ0v) is 16.2. The van der Waals surface area contributed by atoms with Crippen LogP contribution in [0.3, 0.4) is 0 Å². The van der Waals surface area contributed by atoms with Gasteiger partial charge in [0, 0.05) is 19.1 Å². The van der Waals surface area contributed by atoms with Crippen LogP contribution < -0.4 is 14.8 Å². The Morgan fingerprint density at radius 1 is 1.32 bits per heavy atom. The summed E-state index contributed by atoms with van der Waals surface area (Å²) >= 11 is 0. The van der Waals surface area contributed by atoms with Crippen LogP contribution in [0.25, 0.3) is 0 Å². The van der Waals surface area contributed by atoms with Crippen molar-refractivity contribution in [2.24, 2.45) is 0 Å². The Hall–Kier alpha value is -2.66. The summed E-state index contributed by atoms with van der Waals surface area (Å²) in [5.41, 5.74) is -0.0532. The fraction of sp³-hybridized carbons (Fsp3) is 0.471. The lowest BCUT2D eigenvalue weighted by Gasteiger charge is -2.18. The van der Waals surface area contributed by atoms with E-state index in [4.69, 9.17) is 9.47 Å². The summed E-state index contributed by atoms with van der Waals surface area (Å²) in [6.45, 7) is 1.87. The molecule has 2 N–H and O–H groups in total. The normalized spacial score (nSPS) is 17.8. The van der Waals surface area contributed by atoms with Gasteiger partial charge >= 0.3 is 12.0 Å². The van der Waals surface area contributed by atoms with Gasteiger partial charge in [0.05, 0.1) is 12.7 Å². The van der Waals surface area contributed by atoms with Crippen LogP contribution in [0.5, 0.6) is 5.75 Å². The van der Waals surface area contributed by atoms with E-state index in [9.17, 15) is 22.8 Å². The summed E-state index contributed by atoms with van der Waals surface area (Å²) in [6.07, 6.45) is 0.308. The lowest BCUT2D eigenvalue weighted by molar-refractivity contribution is -0.136. The number of imide groups is 1. The number of esters is 1. The zero-order valence-electron chi connectivity index (χ0n) is 15.4. The van der Waals surface area contributed by atoms with Gasteiger partial charge in [-0.15, -0.1) is 0 Å². The maximum Gasteiger partial charge on any atom is 0.338 e. The molecular formula is C17H21N3O7S. The van der Waals surface area contributed by atoms with Crippen molar-refractivity contribution in [2.75, 3.05) is 20.2 Å². The topological polar surface area (TPSA) is 131 Å². The van der Waals surface area contributed by atoms with E-state index in [2.05, 4.69) is 10.0 Å². The van der Waals surface area contributed by atoms with E-state index in [-0.39, 0.29) is 28.8 Å². The molecule has 28 heavy (non-hydrogen) atoms. The number of methoxy groups -OCH3 is 1. The second kappa shape index (κ2) is 7.76. The average Bonchev–Trinajstić information content (AvgIpc) is 3.36. The Bertz CT molecular complexity index is 911. The number of hydrogen-bond donors (Lipinski definition) is 2. The zero-order chi connectivity index (χ0) is 20.5. The van der Waals surface area contributed by atoms with Crippen molar-refractivity contribution < 1.29 is 32.3 Å². The minimum atomic E-state index is -3.87. The van der Waals surface area contributed by atoms with E-state index in [1.165, 1.54) is 26.2 Å². The molecule has 1 aromatic rings. The van der Waals surface area contributed by atoms with Crippen molar-refractivity contribution in [3.8, 4) is 5.75 Å². The summed E-state index contributed by atoms with van der Waals surface area (Å²) < 4.78 is 37.8. The van der Waals surface area contributed by atoms with E-state index < -0.39 is 34.0 Å². The first-order valence-electron chi connectivity index (χ1n) is 8.73. The molecule has 0 spiro atoms. The minimum Gasteiger partial charge on any atom is -0.495 e. The van der Waals surface area contributed by atoms with E-state index in [1.54, 1.807) is 0 Å². The molecule has 0 unspecified atom stereocenters. The summed E-state index contributed by atoms with van der Waals surface area (Å²) in [6, 6.07) is 3.17. The van der Waals surface area contributed by atoms with Gasteiger partial charge < -0.3 is 14.8 Å². The monoisotopic (exact) mass is 411 g/mol. The fourth-order valence-corrected chi connectivity index (χ4v) is 4.18. The number of hydrogen-bond acceptors (Lipinski definition) is 7. The summed E-state index contributed by atoms with van der Waals surface area (Å²) in [5, 5.41) is 2.49. The molecular weight excluding hydrogens is 390 g/mol. The van der Waals surface area contributed by atoms with Crippen molar-refractivity contribution in [3.63, 3.8) is 0 Å². The van der Waals surface area contributed by atoms with Crippen molar-refractivity contribution >= 4 is 27.9 Å². The highest BCUT2D eigenvalue weighted by Gasteiger charge is 2.33. The third kappa shape index (κ3) is 4.25. The lowest BCUT2D eigenvalue weighted by Crippen LogP contribution is -2.41. The highest BCUT2D eigenvalue weighted by molar-refractivity contribution is 7.89. The number of carbonyl (C=O) groups is 3. The number of nitrogens with one attached hydrogen (secondary N) is 2. The van der Waals surface area contributed by atoms with Crippen LogP contribution in [-0.2, 0) is 19.6 Å². The van der Waals surface area contributed by atoms with Crippen LogP contribution in [0.2, 0.25) is 0 Å². The molecule has 0 aromatic heterocycles. The molecule has 1 aliphatic heterocycles. The molecule has 152 valence electrons. The maximum absolute atomic E-state index is 12.5. The highest BCUT2D eigenvalue weighted by atomic mass is 32.2. The Morgan fingerprint density at radius 3 is 2.61 bits per heavy atom. The predicted molar refractivity (Wildman–Crippen MR) is 96.3 cm³/mol. The SMILES string of the molecule is COc1ccc(C(=O)O[C@@H](C)C(=O)N2CCNC2=O)cc1S(=O)(=O)NC1CC1. The second-order valence-corrected chi connectivity index (χ2v) is 8.21. The van der Waals surface area contributed by atoms with Gasteiger partial charge in [0.25, 0.3) is 5.91 Å². The van der Waals surface area contributed by atoms with Gasteiger partial charge in [-0.1, -0.05) is 0 Å². The molecule has 1 saturated heterocycles. The van der Waals surface area contributed by atoms with Gasteiger partial charge in [0.15, 0.2) is 6.10 Å². The Morgan fingerprint density at radius 2 is 2.04 bits per heavy atom. The first-order valence-corrected chi connectivity index (χ1v) is 10.2. The van der Waals surface area contributed by atoms with E-state index in [0.717, 1.165) is 23.8 Å². The number of sulfonamides is 1. The van der Waals surface area contributed by atoms with Crippen LogP contribution in [0.15, 0.2) is 23.1 Å². The number of carbonyl (C=O) groups excluding carboxylic acids is 3. The third-order valence-corrected chi connectivity index (χ3v) is 5.88. The van der Waals surface area contributed by atoms with Gasteiger partial charge in [-0.2, -0.15) is 0 Å². The van der Waals surface area contributed by atoms with Crippen molar-refractivity contribution in [1.82, 2.24) is 14.9 Å². The molecule has 2 aliphatic rings. The van der Waals surface area contributed by atoms with Crippen LogP contribution >= 0.6 is 0 Å². The summed E-state index contributed by atoms with van der Waals surface area (Å²) in [4.78, 5) is 37.0. The Labute approximate surface area is 162 Å². The van der Waals surface area contributed by atoms with Crippen molar-refractivity contribution in [3.05, 3.63) is 23.8 Å². The van der Waals surface area contributed by atoms with Crippen LogP contribution in [0.4, 0.5) is 4.79 Å². The van der Waals surface area contributed by atoms with Gasteiger partial charge in [0.1, 0.15) is 10.6 Å². The molecule has 1 heterocycles. The first kappa shape index (κ1) is 20.1. The second-order valence-electron chi connectivity index (χ2n) is 6.53. The van der Waals surface area contributed by atoms with Gasteiger partial charge in [-0.25, -0.2) is 22.7 Å². The minimum absolute atomic E-state index is 0.0532. The standard InChI is InChI=1S/C17H21N3O7S/c1-10(15(21)20-8-7-18-17(20)23)27-16(22)11-3-6-13(26-2)14(9-11)28(24,25)19-12-4-5-12/h3,6,9-10,12,19H,4-5,7-8H2,1-2H3,(H,18,23)/t10-/m0/s1. The molecule has 3 rings (SSSR count). The number of amides is 3. The average molecular weight is 411 g/mol. The molecule has 0 radical (unpaired) electrons. The largest absolute Gasteiger partial charge is 0.495 e. The number of nitrogens with zero attached hydrogens (tertiary/aromatic N) is 1. The molecule has 1 aromatic carbocycles. The van der Waals surface area contributed by atoms with E-state index >= 15 is 0 Å². The van der Waals surface area contributed by atoms with Crippen LogP contribution in [-0.4, -0.2) is 63.6 Å².